The maximum atomic E-state index is 5.49. The normalized spacial score (nSPS) is 13.3. The monoisotopic (exact) mass is 310 g/mol. The Morgan fingerprint density at radius 1 is 1.13 bits per heavy atom. The molecule has 120 valence electrons. The second-order valence-electron chi connectivity index (χ2n) is 6.91. The lowest BCUT2D eigenvalue weighted by Gasteiger charge is -2.22. The Labute approximate surface area is 136 Å². The summed E-state index contributed by atoms with van der Waals surface area (Å²) in [5, 5.41) is 4.12. The largest absolute Gasteiger partial charge is 0.337 e. The van der Waals surface area contributed by atoms with Crippen LogP contribution in [0.25, 0.3) is 11.4 Å². The number of nitrogens with zero attached hydrogens (tertiary/aromatic N) is 4. The summed E-state index contributed by atoms with van der Waals surface area (Å²) in [6, 6.07) is 8.04. The van der Waals surface area contributed by atoms with E-state index in [0.29, 0.717) is 11.7 Å². The van der Waals surface area contributed by atoms with E-state index in [9.17, 15) is 0 Å². The fraction of sp³-hybridized carbons (Fsp3) is 0.389. The van der Waals surface area contributed by atoms with Crippen LogP contribution < -0.4 is 0 Å². The maximum absolute atomic E-state index is 5.49. The van der Waals surface area contributed by atoms with Crippen molar-refractivity contribution in [3.63, 3.8) is 0 Å². The first-order valence-corrected chi connectivity index (χ1v) is 7.80. The van der Waals surface area contributed by atoms with Crippen molar-refractivity contribution in [2.45, 2.75) is 46.1 Å². The SMILES string of the molecule is Cc1ccc(-c2noc([C@H](C)n3ccnc3C(C)(C)C)n2)cc1. The first-order valence-electron chi connectivity index (χ1n) is 7.80. The Morgan fingerprint density at radius 3 is 2.48 bits per heavy atom. The molecule has 0 saturated carbocycles. The van der Waals surface area contributed by atoms with E-state index in [1.54, 1.807) is 0 Å². The van der Waals surface area contributed by atoms with Crippen LogP contribution in [0.1, 0.15) is 51.0 Å². The summed E-state index contributed by atoms with van der Waals surface area (Å²) in [5.74, 6) is 2.20. The molecule has 1 aromatic carbocycles. The highest BCUT2D eigenvalue weighted by atomic mass is 16.5. The van der Waals surface area contributed by atoms with Gasteiger partial charge < -0.3 is 9.09 Å². The van der Waals surface area contributed by atoms with Crippen LogP contribution in [0.2, 0.25) is 0 Å². The predicted molar refractivity (Wildman–Crippen MR) is 89.2 cm³/mol. The molecule has 0 radical (unpaired) electrons. The van der Waals surface area contributed by atoms with Gasteiger partial charge in [0.05, 0.1) is 0 Å². The van der Waals surface area contributed by atoms with Crippen LogP contribution in [0, 0.1) is 6.92 Å². The van der Waals surface area contributed by atoms with E-state index in [4.69, 9.17) is 4.52 Å². The van der Waals surface area contributed by atoms with Crippen LogP contribution in [0.15, 0.2) is 41.2 Å². The Morgan fingerprint density at radius 2 is 1.83 bits per heavy atom. The average molecular weight is 310 g/mol. The van der Waals surface area contributed by atoms with Crippen LogP contribution in [-0.4, -0.2) is 19.7 Å². The summed E-state index contributed by atoms with van der Waals surface area (Å²) in [6.45, 7) is 10.5. The fourth-order valence-electron chi connectivity index (χ4n) is 2.55. The number of hydrogen-bond acceptors (Lipinski definition) is 4. The van der Waals surface area contributed by atoms with E-state index in [-0.39, 0.29) is 11.5 Å². The van der Waals surface area contributed by atoms with Gasteiger partial charge in [-0.25, -0.2) is 4.98 Å². The quantitative estimate of drug-likeness (QED) is 0.729. The maximum Gasteiger partial charge on any atom is 0.249 e. The molecule has 0 unspecified atom stereocenters. The van der Waals surface area contributed by atoms with Crippen molar-refractivity contribution in [3.8, 4) is 11.4 Å². The molecule has 2 heterocycles. The van der Waals surface area contributed by atoms with Gasteiger partial charge in [-0.15, -0.1) is 0 Å². The van der Waals surface area contributed by atoms with E-state index >= 15 is 0 Å². The number of rotatable bonds is 3. The molecule has 0 spiro atoms. The van der Waals surface area contributed by atoms with Crippen molar-refractivity contribution in [2.24, 2.45) is 0 Å². The summed E-state index contributed by atoms with van der Waals surface area (Å²) in [7, 11) is 0. The smallest absolute Gasteiger partial charge is 0.249 e. The van der Waals surface area contributed by atoms with E-state index in [1.165, 1.54) is 5.56 Å². The van der Waals surface area contributed by atoms with Crippen molar-refractivity contribution in [1.29, 1.82) is 0 Å². The van der Waals surface area contributed by atoms with Crippen molar-refractivity contribution >= 4 is 0 Å². The Kier molecular flexibility index (Phi) is 3.80. The number of aromatic nitrogens is 4. The summed E-state index contributed by atoms with van der Waals surface area (Å²) in [5.41, 5.74) is 2.12. The van der Waals surface area contributed by atoms with Crippen LogP contribution in [-0.2, 0) is 5.41 Å². The third kappa shape index (κ3) is 3.04. The lowest BCUT2D eigenvalue weighted by atomic mass is 9.95. The van der Waals surface area contributed by atoms with Crippen LogP contribution in [0.5, 0.6) is 0 Å². The van der Waals surface area contributed by atoms with Gasteiger partial charge in [0.15, 0.2) is 0 Å². The third-order valence-corrected chi connectivity index (χ3v) is 3.87. The van der Waals surface area contributed by atoms with E-state index in [2.05, 4.69) is 47.4 Å². The van der Waals surface area contributed by atoms with Crippen LogP contribution in [0.4, 0.5) is 0 Å². The van der Waals surface area contributed by atoms with Gasteiger partial charge in [-0.1, -0.05) is 55.8 Å². The van der Waals surface area contributed by atoms with Gasteiger partial charge in [-0.3, -0.25) is 0 Å². The van der Waals surface area contributed by atoms with Gasteiger partial charge in [0.1, 0.15) is 11.9 Å². The Hall–Kier alpha value is -2.43. The molecule has 3 rings (SSSR count). The number of benzene rings is 1. The van der Waals surface area contributed by atoms with E-state index in [0.717, 1.165) is 11.4 Å². The molecule has 1 atom stereocenters. The molecule has 0 amide bonds. The second-order valence-corrected chi connectivity index (χ2v) is 6.91. The molecule has 23 heavy (non-hydrogen) atoms. The zero-order valence-corrected chi connectivity index (χ0v) is 14.2. The lowest BCUT2D eigenvalue weighted by molar-refractivity contribution is 0.337. The van der Waals surface area contributed by atoms with Gasteiger partial charge in [-0.2, -0.15) is 4.98 Å². The highest BCUT2D eigenvalue weighted by molar-refractivity contribution is 5.54. The molecule has 2 aromatic heterocycles. The van der Waals surface area contributed by atoms with Gasteiger partial charge in [0.25, 0.3) is 0 Å². The fourth-order valence-corrected chi connectivity index (χ4v) is 2.55. The molecule has 3 aromatic rings. The number of imidazole rings is 1. The van der Waals surface area contributed by atoms with E-state index in [1.807, 2.05) is 43.6 Å². The highest BCUT2D eigenvalue weighted by Crippen LogP contribution is 2.27. The first-order chi connectivity index (χ1) is 10.9. The first kappa shape index (κ1) is 15.5. The minimum atomic E-state index is -0.0570. The van der Waals surface area contributed by atoms with Crippen LogP contribution >= 0.6 is 0 Å². The van der Waals surface area contributed by atoms with Crippen molar-refractivity contribution < 1.29 is 4.52 Å². The van der Waals surface area contributed by atoms with Gasteiger partial charge in [0.2, 0.25) is 11.7 Å². The highest BCUT2D eigenvalue weighted by Gasteiger charge is 2.25. The van der Waals surface area contributed by atoms with Crippen molar-refractivity contribution in [2.75, 3.05) is 0 Å². The zero-order chi connectivity index (χ0) is 16.6. The molecule has 0 saturated heterocycles. The van der Waals surface area contributed by atoms with Gasteiger partial charge >= 0.3 is 0 Å². The average Bonchev–Trinajstić information content (AvgIpc) is 3.16. The van der Waals surface area contributed by atoms with Gasteiger partial charge in [-0.05, 0) is 13.8 Å². The Bertz CT molecular complexity index is 793. The summed E-state index contributed by atoms with van der Waals surface area (Å²) in [6.07, 6.45) is 3.77. The summed E-state index contributed by atoms with van der Waals surface area (Å²) >= 11 is 0. The van der Waals surface area contributed by atoms with Crippen LogP contribution in [0.3, 0.4) is 0 Å². The third-order valence-electron chi connectivity index (χ3n) is 3.87. The molecule has 0 aliphatic rings. The molecular weight excluding hydrogens is 288 g/mol. The minimum Gasteiger partial charge on any atom is -0.337 e. The molecule has 0 fully saturated rings. The van der Waals surface area contributed by atoms with Crippen molar-refractivity contribution in [1.82, 2.24) is 19.7 Å². The molecule has 0 N–H and O–H groups in total. The molecule has 0 bridgehead atoms. The topological polar surface area (TPSA) is 56.7 Å². The number of hydrogen-bond donors (Lipinski definition) is 0. The Balaban J connectivity index is 1.91. The molecular formula is C18H22N4O. The molecule has 0 aliphatic heterocycles. The van der Waals surface area contributed by atoms with E-state index < -0.39 is 0 Å². The zero-order valence-electron chi connectivity index (χ0n) is 14.2. The summed E-state index contributed by atoms with van der Waals surface area (Å²) < 4.78 is 7.58. The lowest BCUT2D eigenvalue weighted by Crippen LogP contribution is -2.21. The molecule has 5 nitrogen and oxygen atoms in total. The standard InChI is InChI=1S/C18H22N4O/c1-12-6-8-14(9-7-12)15-20-16(23-21-15)13(2)22-11-10-19-17(22)18(3,4)5/h6-11,13H,1-5H3/t13-/m0/s1. The minimum absolute atomic E-state index is 0.0441. The van der Waals surface area contributed by atoms with Crippen molar-refractivity contribution in [3.05, 3.63) is 53.9 Å². The second kappa shape index (κ2) is 5.65. The van der Waals surface area contributed by atoms with Gasteiger partial charge in [0, 0.05) is 23.4 Å². The predicted octanol–water partition coefficient (Wildman–Crippen LogP) is 4.15. The summed E-state index contributed by atoms with van der Waals surface area (Å²) in [4.78, 5) is 9.04. The number of aryl methyl sites for hydroxylation is 1. The molecule has 5 heteroatoms. The molecule has 0 aliphatic carbocycles.